The molecule has 1 aromatic carbocycles. The number of amides is 2. The molecule has 29 heavy (non-hydrogen) atoms. The van der Waals surface area contributed by atoms with E-state index in [4.69, 9.17) is 20.3 Å². The first-order valence-electron chi connectivity index (χ1n) is 9.16. The lowest BCUT2D eigenvalue weighted by Gasteiger charge is -2.18. The minimum Gasteiger partial charge on any atom is -0.446 e. The average molecular weight is 397 g/mol. The van der Waals surface area contributed by atoms with Crippen LogP contribution in [0.2, 0.25) is 0 Å². The maximum Gasteiger partial charge on any atom is 0.273 e. The fourth-order valence-corrected chi connectivity index (χ4v) is 2.79. The highest BCUT2D eigenvalue weighted by Gasteiger charge is 2.26. The quantitative estimate of drug-likeness (QED) is 0.527. The van der Waals surface area contributed by atoms with Crippen LogP contribution < -0.4 is 16.8 Å². The molecule has 0 bridgehead atoms. The highest BCUT2D eigenvalue weighted by molar-refractivity contribution is 5.92. The van der Waals surface area contributed by atoms with Gasteiger partial charge in [-0.15, -0.1) is 0 Å². The zero-order chi connectivity index (χ0) is 21.0. The molecule has 0 radical (unpaired) electrons. The zero-order valence-electron chi connectivity index (χ0n) is 16.2. The monoisotopic (exact) mass is 397 g/mol. The van der Waals surface area contributed by atoms with Crippen molar-refractivity contribution in [1.29, 1.82) is 0 Å². The van der Waals surface area contributed by atoms with Gasteiger partial charge in [0.1, 0.15) is 18.6 Å². The Balaban J connectivity index is 1.70. The second-order valence-corrected chi connectivity index (χ2v) is 7.00. The van der Waals surface area contributed by atoms with E-state index in [9.17, 15) is 9.59 Å². The number of nitrogens with zero attached hydrogens (tertiary/aromatic N) is 2. The average Bonchev–Trinajstić information content (AvgIpc) is 3.36. The molecule has 0 aliphatic heterocycles. The summed E-state index contributed by atoms with van der Waals surface area (Å²) in [5.74, 6) is -0.782. The van der Waals surface area contributed by atoms with Crippen molar-refractivity contribution in [2.75, 3.05) is 0 Å². The summed E-state index contributed by atoms with van der Waals surface area (Å²) >= 11 is 0. The largest absolute Gasteiger partial charge is 0.446 e. The molecule has 9 heteroatoms. The summed E-state index contributed by atoms with van der Waals surface area (Å²) < 4.78 is 10.7. The van der Waals surface area contributed by atoms with Crippen molar-refractivity contribution in [3.63, 3.8) is 0 Å². The van der Waals surface area contributed by atoms with Crippen LogP contribution in [0.4, 0.5) is 0 Å². The first-order valence-corrected chi connectivity index (χ1v) is 9.16. The minimum absolute atomic E-state index is 0.00416. The van der Waals surface area contributed by atoms with Crippen molar-refractivity contribution in [1.82, 2.24) is 15.3 Å². The summed E-state index contributed by atoms with van der Waals surface area (Å²) in [6.07, 6.45) is 2.95. The third-order valence-corrected chi connectivity index (χ3v) is 4.36. The van der Waals surface area contributed by atoms with Crippen molar-refractivity contribution in [2.45, 2.75) is 32.4 Å². The number of aromatic nitrogens is 2. The van der Waals surface area contributed by atoms with Crippen molar-refractivity contribution < 1.29 is 18.4 Å². The van der Waals surface area contributed by atoms with Crippen LogP contribution in [0.3, 0.4) is 0 Å². The van der Waals surface area contributed by atoms with Gasteiger partial charge in [0.15, 0.2) is 11.4 Å². The van der Waals surface area contributed by atoms with Gasteiger partial charge < -0.3 is 25.6 Å². The molecule has 0 aliphatic rings. The zero-order valence-corrected chi connectivity index (χ0v) is 16.2. The van der Waals surface area contributed by atoms with Gasteiger partial charge in [-0.25, -0.2) is 9.97 Å². The number of benzene rings is 1. The van der Waals surface area contributed by atoms with E-state index in [0.717, 1.165) is 11.8 Å². The number of carbonyl (C=O) groups is 2. The van der Waals surface area contributed by atoms with Crippen molar-refractivity contribution in [3.05, 3.63) is 71.6 Å². The number of nitrogens with one attached hydrogen (secondary N) is 1. The molecule has 2 aromatic heterocycles. The van der Waals surface area contributed by atoms with Gasteiger partial charge >= 0.3 is 0 Å². The minimum atomic E-state index is -0.706. The number of carbonyl (C=O) groups excluding carboxylic acids is 2. The molecule has 2 heterocycles. The topological polar surface area (TPSA) is 150 Å². The standard InChI is InChI=1S/C20H23N5O4/c1-11(2)16(20-23-14(9-29-20)17(22)26)25-18(27)15-10-28-19(24-15)13(21)8-12-6-4-3-5-7-12/h3-7,9-11,13,16H,8,21H2,1-2H3,(H2,22,26)(H,25,27)/t13-,16-/m0/s1. The molecule has 0 saturated heterocycles. The smallest absolute Gasteiger partial charge is 0.273 e. The lowest BCUT2D eigenvalue weighted by Crippen LogP contribution is -2.32. The Morgan fingerprint density at radius 2 is 1.66 bits per heavy atom. The van der Waals surface area contributed by atoms with E-state index >= 15 is 0 Å². The fourth-order valence-electron chi connectivity index (χ4n) is 2.79. The van der Waals surface area contributed by atoms with E-state index in [1.165, 1.54) is 6.26 Å². The number of hydrogen-bond acceptors (Lipinski definition) is 7. The van der Waals surface area contributed by atoms with Crippen LogP contribution in [0.15, 0.2) is 51.7 Å². The molecule has 0 spiro atoms. The Bertz CT molecular complexity index is 980. The Labute approximate surface area is 167 Å². The third kappa shape index (κ3) is 4.88. The van der Waals surface area contributed by atoms with Gasteiger partial charge in [-0.05, 0) is 17.9 Å². The Morgan fingerprint density at radius 1 is 1.03 bits per heavy atom. The Hall–Kier alpha value is -3.46. The van der Waals surface area contributed by atoms with Crippen LogP contribution in [0.1, 0.15) is 64.3 Å². The molecule has 0 aliphatic carbocycles. The molecule has 2 amide bonds. The predicted octanol–water partition coefficient (Wildman–Crippen LogP) is 2.13. The Morgan fingerprint density at radius 3 is 2.28 bits per heavy atom. The highest BCUT2D eigenvalue weighted by atomic mass is 16.3. The molecule has 0 unspecified atom stereocenters. The number of oxazole rings is 2. The van der Waals surface area contributed by atoms with Crippen molar-refractivity contribution in [3.8, 4) is 0 Å². The van der Waals surface area contributed by atoms with E-state index in [2.05, 4.69) is 15.3 Å². The number of rotatable bonds is 8. The highest BCUT2D eigenvalue weighted by Crippen LogP contribution is 2.22. The van der Waals surface area contributed by atoms with Gasteiger partial charge in [-0.2, -0.15) is 0 Å². The van der Waals surface area contributed by atoms with Crippen molar-refractivity contribution >= 4 is 11.8 Å². The summed E-state index contributed by atoms with van der Waals surface area (Å²) in [6.45, 7) is 3.76. The molecule has 3 rings (SSSR count). The second-order valence-electron chi connectivity index (χ2n) is 7.00. The van der Waals surface area contributed by atoms with E-state index in [1.807, 2.05) is 44.2 Å². The molecule has 0 fully saturated rings. The van der Waals surface area contributed by atoms with Gasteiger partial charge in [0.25, 0.3) is 11.8 Å². The number of primary amides is 1. The molecule has 2 atom stereocenters. The number of nitrogens with two attached hydrogens (primary N) is 2. The van der Waals surface area contributed by atoms with E-state index < -0.39 is 23.9 Å². The molecular weight excluding hydrogens is 374 g/mol. The van der Waals surface area contributed by atoms with Crippen LogP contribution in [0, 0.1) is 5.92 Å². The van der Waals surface area contributed by atoms with Gasteiger partial charge in [0.2, 0.25) is 11.8 Å². The number of hydrogen-bond donors (Lipinski definition) is 3. The van der Waals surface area contributed by atoms with Gasteiger partial charge in [0.05, 0.1) is 6.04 Å². The first-order chi connectivity index (χ1) is 13.8. The van der Waals surface area contributed by atoms with E-state index in [0.29, 0.717) is 6.42 Å². The maximum absolute atomic E-state index is 12.6. The fraction of sp³-hybridized carbons (Fsp3) is 0.300. The molecular formula is C20H23N5O4. The summed E-state index contributed by atoms with van der Waals surface area (Å²) in [6, 6.07) is 8.64. The SMILES string of the molecule is CC(C)[C@H](NC(=O)c1coc([C@@H](N)Cc2ccccc2)n1)c1nc(C(N)=O)co1. The van der Waals surface area contributed by atoms with Gasteiger partial charge in [-0.1, -0.05) is 44.2 Å². The Kier molecular flexibility index (Phi) is 6.08. The lowest BCUT2D eigenvalue weighted by molar-refractivity contribution is 0.0911. The lowest BCUT2D eigenvalue weighted by atomic mass is 10.0. The van der Waals surface area contributed by atoms with Gasteiger partial charge in [-0.3, -0.25) is 9.59 Å². The van der Waals surface area contributed by atoms with Crippen molar-refractivity contribution in [2.24, 2.45) is 17.4 Å². The summed E-state index contributed by atoms with van der Waals surface area (Å²) in [5.41, 5.74) is 12.5. The van der Waals surface area contributed by atoms with Crippen LogP contribution >= 0.6 is 0 Å². The normalized spacial score (nSPS) is 13.2. The van der Waals surface area contributed by atoms with Crippen LogP contribution in [-0.4, -0.2) is 21.8 Å². The molecule has 9 nitrogen and oxygen atoms in total. The molecule has 3 aromatic rings. The van der Waals surface area contributed by atoms with Crippen LogP contribution in [0.25, 0.3) is 0 Å². The van der Waals surface area contributed by atoms with Crippen LogP contribution in [0.5, 0.6) is 0 Å². The molecule has 5 N–H and O–H groups in total. The predicted molar refractivity (Wildman–Crippen MR) is 104 cm³/mol. The molecule has 152 valence electrons. The second kappa shape index (κ2) is 8.70. The molecule has 0 saturated carbocycles. The summed E-state index contributed by atoms with van der Waals surface area (Å²) in [4.78, 5) is 32.1. The third-order valence-electron chi connectivity index (χ3n) is 4.36. The summed E-state index contributed by atoms with van der Waals surface area (Å²) in [7, 11) is 0. The first kappa shape index (κ1) is 20.3. The van der Waals surface area contributed by atoms with Crippen LogP contribution in [-0.2, 0) is 6.42 Å². The summed E-state index contributed by atoms with van der Waals surface area (Å²) in [5, 5.41) is 2.79. The van der Waals surface area contributed by atoms with E-state index in [1.54, 1.807) is 0 Å². The maximum atomic E-state index is 12.6. The van der Waals surface area contributed by atoms with E-state index in [-0.39, 0.29) is 29.1 Å². The van der Waals surface area contributed by atoms with Gasteiger partial charge in [0, 0.05) is 0 Å².